The summed E-state index contributed by atoms with van der Waals surface area (Å²) in [6.07, 6.45) is 3.04. The number of piperazine rings is 1. The fourth-order valence-corrected chi connectivity index (χ4v) is 3.29. The molecule has 0 atom stereocenters. The van der Waals surface area contributed by atoms with Gasteiger partial charge in [-0.05, 0) is 26.0 Å². The van der Waals surface area contributed by atoms with Gasteiger partial charge in [0.2, 0.25) is 5.91 Å². The van der Waals surface area contributed by atoms with Crippen LogP contribution in [0.5, 0.6) is 0 Å². The molecular formula is C20H26N4O3. The van der Waals surface area contributed by atoms with Crippen molar-refractivity contribution in [3.63, 3.8) is 0 Å². The van der Waals surface area contributed by atoms with Gasteiger partial charge in [0, 0.05) is 50.4 Å². The lowest BCUT2D eigenvalue weighted by Crippen LogP contribution is -2.51. The third-order valence-electron chi connectivity index (χ3n) is 4.98. The average Bonchev–Trinajstić information content (AvgIpc) is 3.24. The molecule has 1 aliphatic rings. The molecule has 2 aromatic rings. The van der Waals surface area contributed by atoms with Crippen molar-refractivity contribution in [2.45, 2.75) is 13.8 Å². The Hall–Kier alpha value is -2.67. The standard InChI is InChI=1S/C20H26N4O3/c1-3-23(4-2)19(25)14-22-9-11-24(12-10-22)20(26)17-7-5-16(6-8-17)18-13-21-15-27-18/h5-8,13,15H,3-4,9-12,14H2,1-2H3. The van der Waals surface area contributed by atoms with Crippen LogP contribution in [-0.2, 0) is 4.79 Å². The summed E-state index contributed by atoms with van der Waals surface area (Å²) in [5, 5.41) is 0. The van der Waals surface area contributed by atoms with Gasteiger partial charge < -0.3 is 14.2 Å². The zero-order valence-electron chi connectivity index (χ0n) is 15.9. The molecule has 27 heavy (non-hydrogen) atoms. The Balaban J connectivity index is 1.53. The number of benzene rings is 1. The van der Waals surface area contributed by atoms with E-state index < -0.39 is 0 Å². The van der Waals surface area contributed by atoms with Crippen molar-refractivity contribution in [3.8, 4) is 11.3 Å². The molecule has 0 bridgehead atoms. The molecule has 0 unspecified atom stereocenters. The minimum Gasteiger partial charge on any atom is -0.444 e. The summed E-state index contributed by atoms with van der Waals surface area (Å²) >= 11 is 0. The second-order valence-corrected chi connectivity index (χ2v) is 6.58. The molecule has 2 heterocycles. The Morgan fingerprint density at radius 3 is 2.30 bits per heavy atom. The summed E-state index contributed by atoms with van der Waals surface area (Å²) in [5.41, 5.74) is 1.55. The molecule has 1 aromatic heterocycles. The van der Waals surface area contributed by atoms with E-state index in [9.17, 15) is 9.59 Å². The topological polar surface area (TPSA) is 69.9 Å². The summed E-state index contributed by atoms with van der Waals surface area (Å²) in [6, 6.07) is 7.37. The van der Waals surface area contributed by atoms with Crippen LogP contribution < -0.4 is 0 Å². The molecule has 7 nitrogen and oxygen atoms in total. The number of rotatable bonds is 6. The minimum atomic E-state index is 0.0221. The van der Waals surface area contributed by atoms with Gasteiger partial charge in [-0.1, -0.05) is 12.1 Å². The lowest BCUT2D eigenvalue weighted by Gasteiger charge is -2.35. The number of hydrogen-bond donors (Lipinski definition) is 0. The largest absolute Gasteiger partial charge is 0.444 e. The first-order valence-electron chi connectivity index (χ1n) is 9.40. The van der Waals surface area contributed by atoms with Gasteiger partial charge in [-0.2, -0.15) is 0 Å². The van der Waals surface area contributed by atoms with E-state index in [1.807, 2.05) is 47.9 Å². The van der Waals surface area contributed by atoms with Crippen LogP contribution in [0.25, 0.3) is 11.3 Å². The quantitative estimate of drug-likeness (QED) is 0.778. The van der Waals surface area contributed by atoms with Crippen molar-refractivity contribution in [1.82, 2.24) is 19.7 Å². The number of amides is 2. The normalized spacial score (nSPS) is 15.0. The number of hydrogen-bond acceptors (Lipinski definition) is 5. The van der Waals surface area contributed by atoms with E-state index in [-0.39, 0.29) is 11.8 Å². The highest BCUT2D eigenvalue weighted by Gasteiger charge is 2.24. The lowest BCUT2D eigenvalue weighted by atomic mass is 10.1. The maximum Gasteiger partial charge on any atom is 0.253 e. The molecule has 2 amide bonds. The highest BCUT2D eigenvalue weighted by molar-refractivity contribution is 5.94. The zero-order valence-corrected chi connectivity index (χ0v) is 15.9. The highest BCUT2D eigenvalue weighted by atomic mass is 16.3. The molecule has 0 saturated carbocycles. The van der Waals surface area contributed by atoms with Gasteiger partial charge in [-0.25, -0.2) is 4.98 Å². The number of oxazole rings is 1. The second kappa shape index (κ2) is 8.81. The van der Waals surface area contributed by atoms with Gasteiger partial charge in [0.1, 0.15) is 0 Å². The van der Waals surface area contributed by atoms with Crippen LogP contribution in [0.4, 0.5) is 0 Å². The first-order chi connectivity index (χ1) is 13.1. The average molecular weight is 370 g/mol. The predicted molar refractivity (Wildman–Crippen MR) is 102 cm³/mol. The lowest BCUT2D eigenvalue weighted by molar-refractivity contribution is -0.132. The number of likely N-dealkylation sites (N-methyl/N-ethyl adjacent to an activating group) is 1. The third kappa shape index (κ3) is 4.54. The monoisotopic (exact) mass is 370 g/mol. The van der Waals surface area contributed by atoms with Crippen molar-refractivity contribution >= 4 is 11.8 Å². The molecule has 0 spiro atoms. The maximum atomic E-state index is 12.7. The number of carbonyl (C=O) groups is 2. The van der Waals surface area contributed by atoms with Crippen LogP contribution >= 0.6 is 0 Å². The van der Waals surface area contributed by atoms with Crippen molar-refractivity contribution in [2.24, 2.45) is 0 Å². The van der Waals surface area contributed by atoms with E-state index in [2.05, 4.69) is 9.88 Å². The van der Waals surface area contributed by atoms with E-state index in [0.29, 0.717) is 31.0 Å². The Morgan fingerprint density at radius 2 is 1.74 bits per heavy atom. The molecule has 7 heteroatoms. The highest BCUT2D eigenvalue weighted by Crippen LogP contribution is 2.19. The number of aromatic nitrogens is 1. The molecule has 0 aliphatic carbocycles. The first-order valence-corrected chi connectivity index (χ1v) is 9.40. The fourth-order valence-electron chi connectivity index (χ4n) is 3.29. The Labute approximate surface area is 159 Å². The molecule has 1 aromatic carbocycles. The van der Waals surface area contributed by atoms with Crippen LogP contribution in [-0.4, -0.2) is 77.3 Å². The molecule has 1 saturated heterocycles. The van der Waals surface area contributed by atoms with E-state index in [4.69, 9.17) is 4.42 Å². The smallest absolute Gasteiger partial charge is 0.253 e. The summed E-state index contributed by atoms with van der Waals surface area (Å²) < 4.78 is 5.27. The van der Waals surface area contributed by atoms with Crippen molar-refractivity contribution in [2.75, 3.05) is 45.8 Å². The van der Waals surface area contributed by atoms with Gasteiger partial charge in [0.05, 0.1) is 12.7 Å². The Bertz CT molecular complexity index is 746. The summed E-state index contributed by atoms with van der Waals surface area (Å²) in [6.45, 7) is 8.58. The SMILES string of the molecule is CCN(CC)C(=O)CN1CCN(C(=O)c2ccc(-c3cnco3)cc2)CC1. The Morgan fingerprint density at radius 1 is 1.07 bits per heavy atom. The molecule has 1 fully saturated rings. The van der Waals surface area contributed by atoms with Crippen LogP contribution in [0, 0.1) is 0 Å². The van der Waals surface area contributed by atoms with Gasteiger partial charge >= 0.3 is 0 Å². The summed E-state index contributed by atoms with van der Waals surface area (Å²) in [7, 11) is 0. The zero-order chi connectivity index (χ0) is 19.2. The maximum absolute atomic E-state index is 12.7. The summed E-state index contributed by atoms with van der Waals surface area (Å²) in [5.74, 6) is 0.858. The fraction of sp³-hybridized carbons (Fsp3) is 0.450. The van der Waals surface area contributed by atoms with E-state index in [1.54, 1.807) is 6.20 Å². The van der Waals surface area contributed by atoms with E-state index >= 15 is 0 Å². The van der Waals surface area contributed by atoms with Gasteiger partial charge in [-0.3, -0.25) is 14.5 Å². The molecule has 1 aliphatic heterocycles. The van der Waals surface area contributed by atoms with Crippen molar-refractivity contribution < 1.29 is 14.0 Å². The predicted octanol–water partition coefficient (Wildman–Crippen LogP) is 1.97. The molecule has 0 N–H and O–H groups in total. The van der Waals surface area contributed by atoms with Crippen LogP contribution in [0.3, 0.4) is 0 Å². The van der Waals surface area contributed by atoms with Gasteiger partial charge in [0.15, 0.2) is 12.2 Å². The Kier molecular flexibility index (Phi) is 6.24. The third-order valence-corrected chi connectivity index (χ3v) is 4.98. The van der Waals surface area contributed by atoms with Gasteiger partial charge in [0.25, 0.3) is 5.91 Å². The number of nitrogens with zero attached hydrogens (tertiary/aromatic N) is 4. The van der Waals surface area contributed by atoms with Crippen LogP contribution in [0.2, 0.25) is 0 Å². The molecule has 3 rings (SSSR count). The van der Waals surface area contributed by atoms with Gasteiger partial charge in [-0.15, -0.1) is 0 Å². The number of carbonyl (C=O) groups excluding carboxylic acids is 2. The van der Waals surface area contributed by atoms with E-state index in [0.717, 1.165) is 31.7 Å². The second-order valence-electron chi connectivity index (χ2n) is 6.58. The van der Waals surface area contributed by atoms with Crippen LogP contribution in [0.15, 0.2) is 41.3 Å². The first kappa shape index (κ1) is 19.1. The minimum absolute atomic E-state index is 0.0221. The van der Waals surface area contributed by atoms with Crippen molar-refractivity contribution in [1.29, 1.82) is 0 Å². The summed E-state index contributed by atoms with van der Waals surface area (Å²) in [4.78, 5) is 34.7. The molecule has 0 radical (unpaired) electrons. The van der Waals surface area contributed by atoms with E-state index in [1.165, 1.54) is 6.39 Å². The van der Waals surface area contributed by atoms with Crippen LogP contribution in [0.1, 0.15) is 24.2 Å². The van der Waals surface area contributed by atoms with Crippen molar-refractivity contribution in [3.05, 3.63) is 42.4 Å². The molecular weight excluding hydrogens is 344 g/mol. The molecule has 144 valence electrons.